The van der Waals surface area contributed by atoms with Crippen molar-refractivity contribution in [3.8, 4) is 0 Å². The summed E-state index contributed by atoms with van der Waals surface area (Å²) < 4.78 is 0. The molecule has 1 aromatic rings. The molecule has 4 atom stereocenters. The number of imide groups is 1. The first-order valence-corrected chi connectivity index (χ1v) is 9.25. The van der Waals surface area contributed by atoms with Crippen LogP contribution in [0.4, 0.5) is 5.13 Å². The molecule has 1 N–H and O–H groups in total. The highest BCUT2D eigenvalue weighted by molar-refractivity contribution is 7.15. The van der Waals surface area contributed by atoms with Gasteiger partial charge in [-0.25, -0.2) is 0 Å². The van der Waals surface area contributed by atoms with E-state index in [4.69, 9.17) is 0 Å². The van der Waals surface area contributed by atoms with E-state index in [-0.39, 0.29) is 47.4 Å². The van der Waals surface area contributed by atoms with Crippen molar-refractivity contribution in [1.82, 2.24) is 15.1 Å². The van der Waals surface area contributed by atoms with Crippen LogP contribution in [0.1, 0.15) is 32.2 Å². The van der Waals surface area contributed by atoms with Gasteiger partial charge in [0.1, 0.15) is 11.6 Å². The minimum absolute atomic E-state index is 0.148. The van der Waals surface area contributed by atoms with Gasteiger partial charge in [0, 0.05) is 5.41 Å². The number of anilines is 1. The summed E-state index contributed by atoms with van der Waals surface area (Å²) in [6, 6.07) is 0. The van der Waals surface area contributed by atoms with Crippen molar-refractivity contribution >= 4 is 34.2 Å². The number of hydrogen-bond acceptors (Lipinski definition) is 6. The average molecular weight is 360 g/mol. The van der Waals surface area contributed by atoms with Crippen LogP contribution in [0.25, 0.3) is 0 Å². The lowest BCUT2D eigenvalue weighted by Crippen LogP contribution is -2.39. The molecule has 1 aromatic heterocycles. The Kier molecular flexibility index (Phi) is 3.57. The van der Waals surface area contributed by atoms with E-state index in [2.05, 4.69) is 15.5 Å². The molecule has 0 spiro atoms. The number of allylic oxidation sites excluding steroid dienone is 2. The number of fused-ring (bicyclic) bond motifs is 5. The molecule has 0 aromatic carbocycles. The van der Waals surface area contributed by atoms with E-state index in [1.807, 2.05) is 32.9 Å². The Bertz CT molecular complexity index is 764. The third kappa shape index (κ3) is 2.59. The molecule has 1 saturated carbocycles. The van der Waals surface area contributed by atoms with Gasteiger partial charge in [-0.15, -0.1) is 10.2 Å². The summed E-state index contributed by atoms with van der Waals surface area (Å²) in [6.45, 7) is 5.79. The second kappa shape index (κ2) is 5.45. The van der Waals surface area contributed by atoms with Crippen molar-refractivity contribution < 1.29 is 14.4 Å². The summed E-state index contributed by atoms with van der Waals surface area (Å²) in [5.74, 6) is -1.09. The SMILES string of the molecule is CC(C)(C)c1nnc(NC(=O)CN2C(=O)[C@H]3[C@H](C2=O)[C@H]2C=C[C@H]3C2)s1. The maximum absolute atomic E-state index is 12.6. The molecule has 7 nitrogen and oxygen atoms in total. The minimum atomic E-state index is -0.418. The first-order valence-electron chi connectivity index (χ1n) is 8.43. The van der Waals surface area contributed by atoms with Crippen molar-refractivity contribution in [2.75, 3.05) is 11.9 Å². The van der Waals surface area contributed by atoms with E-state index in [0.717, 1.165) is 16.3 Å². The smallest absolute Gasteiger partial charge is 0.246 e. The van der Waals surface area contributed by atoms with Gasteiger partial charge in [0.2, 0.25) is 22.9 Å². The number of nitrogens with zero attached hydrogens (tertiary/aromatic N) is 3. The zero-order chi connectivity index (χ0) is 17.9. The third-order valence-corrected chi connectivity index (χ3v) is 6.44. The molecule has 2 bridgehead atoms. The molecule has 1 saturated heterocycles. The van der Waals surface area contributed by atoms with E-state index >= 15 is 0 Å². The summed E-state index contributed by atoms with van der Waals surface area (Å²) in [5.41, 5.74) is -0.148. The van der Waals surface area contributed by atoms with Crippen molar-refractivity contribution in [2.45, 2.75) is 32.6 Å². The fourth-order valence-corrected chi connectivity index (χ4v) is 4.82. The molecule has 8 heteroatoms. The quantitative estimate of drug-likeness (QED) is 0.653. The summed E-state index contributed by atoms with van der Waals surface area (Å²) in [5, 5.41) is 11.9. The molecule has 3 aliphatic rings. The lowest BCUT2D eigenvalue weighted by molar-refractivity contribution is -0.143. The van der Waals surface area contributed by atoms with E-state index in [0.29, 0.717) is 5.13 Å². The zero-order valence-corrected chi connectivity index (χ0v) is 15.2. The van der Waals surface area contributed by atoms with Crippen molar-refractivity contribution in [2.24, 2.45) is 23.7 Å². The van der Waals surface area contributed by atoms with Crippen LogP contribution in [0, 0.1) is 23.7 Å². The summed E-state index contributed by atoms with van der Waals surface area (Å²) in [4.78, 5) is 38.5. The number of amides is 3. The second-order valence-corrected chi connectivity index (χ2v) is 8.95. The highest BCUT2D eigenvalue weighted by Crippen LogP contribution is 2.52. The monoisotopic (exact) mass is 360 g/mol. The molecule has 2 aliphatic carbocycles. The second-order valence-electron chi connectivity index (χ2n) is 7.97. The van der Waals surface area contributed by atoms with Crippen LogP contribution in [-0.4, -0.2) is 39.4 Å². The minimum Gasteiger partial charge on any atom is -0.299 e. The van der Waals surface area contributed by atoms with Crippen LogP contribution in [0.3, 0.4) is 0 Å². The van der Waals surface area contributed by atoms with Gasteiger partial charge in [0.15, 0.2) is 0 Å². The maximum atomic E-state index is 12.6. The predicted octanol–water partition coefficient (Wildman–Crippen LogP) is 1.58. The molecule has 0 unspecified atom stereocenters. The average Bonchev–Trinajstić information content (AvgIpc) is 3.27. The number of carbonyl (C=O) groups excluding carboxylic acids is 3. The molecular formula is C17H20N4O3S. The number of rotatable bonds is 3. The van der Waals surface area contributed by atoms with E-state index in [9.17, 15) is 14.4 Å². The van der Waals surface area contributed by atoms with Crippen LogP contribution >= 0.6 is 11.3 Å². The van der Waals surface area contributed by atoms with Crippen LogP contribution in [-0.2, 0) is 19.8 Å². The van der Waals surface area contributed by atoms with Gasteiger partial charge < -0.3 is 0 Å². The molecule has 2 heterocycles. The van der Waals surface area contributed by atoms with Gasteiger partial charge in [-0.1, -0.05) is 44.3 Å². The Morgan fingerprint density at radius 1 is 1.20 bits per heavy atom. The van der Waals surface area contributed by atoms with Gasteiger partial charge in [0.25, 0.3) is 0 Å². The van der Waals surface area contributed by atoms with E-state index in [1.54, 1.807) is 0 Å². The fourth-order valence-electron chi connectivity index (χ4n) is 4.00. The Morgan fingerprint density at radius 2 is 1.80 bits per heavy atom. The van der Waals surface area contributed by atoms with Gasteiger partial charge in [-0.3, -0.25) is 24.6 Å². The Morgan fingerprint density at radius 3 is 2.32 bits per heavy atom. The number of hydrogen-bond donors (Lipinski definition) is 1. The van der Waals surface area contributed by atoms with Gasteiger partial charge in [-0.2, -0.15) is 0 Å². The molecule has 132 valence electrons. The first-order chi connectivity index (χ1) is 11.8. The molecule has 0 radical (unpaired) electrons. The molecule has 1 aliphatic heterocycles. The maximum Gasteiger partial charge on any atom is 0.246 e. The molecular weight excluding hydrogens is 340 g/mol. The molecule has 3 amide bonds. The third-order valence-electron chi connectivity index (χ3n) is 5.18. The lowest BCUT2D eigenvalue weighted by atomic mass is 9.85. The Balaban J connectivity index is 1.43. The summed E-state index contributed by atoms with van der Waals surface area (Å²) in [7, 11) is 0. The Hall–Kier alpha value is -2.09. The van der Waals surface area contributed by atoms with Crippen LogP contribution in [0.2, 0.25) is 0 Å². The number of nitrogens with one attached hydrogen (secondary N) is 1. The van der Waals surface area contributed by atoms with E-state index in [1.165, 1.54) is 11.3 Å². The van der Waals surface area contributed by atoms with E-state index < -0.39 is 5.91 Å². The Labute approximate surface area is 149 Å². The van der Waals surface area contributed by atoms with Gasteiger partial charge >= 0.3 is 0 Å². The van der Waals surface area contributed by atoms with Crippen LogP contribution < -0.4 is 5.32 Å². The summed E-state index contributed by atoms with van der Waals surface area (Å²) >= 11 is 1.30. The predicted molar refractivity (Wildman–Crippen MR) is 91.7 cm³/mol. The van der Waals surface area contributed by atoms with Gasteiger partial charge in [0.05, 0.1) is 11.8 Å². The lowest BCUT2D eigenvalue weighted by Gasteiger charge is -2.16. The highest BCUT2D eigenvalue weighted by Gasteiger charge is 2.59. The molecule has 25 heavy (non-hydrogen) atoms. The fraction of sp³-hybridized carbons (Fsp3) is 0.588. The van der Waals surface area contributed by atoms with Crippen molar-refractivity contribution in [3.63, 3.8) is 0 Å². The standard InChI is InChI=1S/C17H20N4O3S/c1-17(2,3)15-19-20-16(25-15)18-10(22)7-21-13(23)11-8-4-5-9(6-8)12(11)14(21)24/h4-5,8-9,11-12H,6-7H2,1-3H3,(H,18,20,22)/t8-,9-,11+,12+/m0/s1. The highest BCUT2D eigenvalue weighted by atomic mass is 32.1. The van der Waals surface area contributed by atoms with Crippen molar-refractivity contribution in [3.05, 3.63) is 17.2 Å². The van der Waals surface area contributed by atoms with Crippen LogP contribution in [0.5, 0.6) is 0 Å². The normalized spacial score (nSPS) is 30.3. The van der Waals surface area contributed by atoms with Crippen molar-refractivity contribution in [1.29, 1.82) is 0 Å². The summed E-state index contributed by atoms with van der Waals surface area (Å²) in [6.07, 6.45) is 4.96. The number of carbonyl (C=O) groups is 3. The number of aromatic nitrogens is 2. The number of likely N-dealkylation sites (tertiary alicyclic amines) is 1. The van der Waals surface area contributed by atoms with Gasteiger partial charge in [-0.05, 0) is 18.3 Å². The topological polar surface area (TPSA) is 92.3 Å². The van der Waals surface area contributed by atoms with Crippen LogP contribution in [0.15, 0.2) is 12.2 Å². The zero-order valence-electron chi connectivity index (χ0n) is 14.4. The molecule has 4 rings (SSSR count). The molecule has 2 fully saturated rings. The largest absolute Gasteiger partial charge is 0.299 e. The first kappa shape index (κ1) is 16.4.